The van der Waals surface area contributed by atoms with Crippen molar-refractivity contribution in [1.82, 2.24) is 10.6 Å². The van der Waals surface area contributed by atoms with Crippen LogP contribution in [0.4, 0.5) is 0 Å². The van der Waals surface area contributed by atoms with Crippen LogP contribution in [-0.2, 0) is 9.53 Å². The van der Waals surface area contributed by atoms with Crippen LogP contribution in [0.1, 0.15) is 96.0 Å². The maximum absolute atomic E-state index is 12.5. The second-order valence-electron chi connectivity index (χ2n) is 13.7. The van der Waals surface area contributed by atoms with Crippen LogP contribution in [0.2, 0.25) is 0 Å². The molecule has 38 heavy (non-hydrogen) atoms. The smallest absolute Gasteiger partial charge is 0.335 e. The Morgan fingerprint density at radius 1 is 1.05 bits per heavy atom. The third-order valence-corrected chi connectivity index (χ3v) is 12.1. The zero-order valence-electron chi connectivity index (χ0n) is 23.2. The number of fused-ring (bicyclic) bond motifs is 5. The van der Waals surface area contributed by atoms with Gasteiger partial charge in [-0.3, -0.25) is 4.79 Å². The van der Waals surface area contributed by atoms with E-state index in [1.807, 2.05) is 6.07 Å². The molecule has 5 aliphatic rings. The molecule has 0 radical (unpaired) electrons. The first-order valence-corrected chi connectivity index (χ1v) is 15.2. The Morgan fingerprint density at radius 2 is 1.87 bits per heavy atom. The minimum absolute atomic E-state index is 0.0243. The minimum Gasteiger partial charge on any atom is -0.431 e. The van der Waals surface area contributed by atoms with E-state index in [-0.39, 0.29) is 47.0 Å². The topological polar surface area (TPSA) is 101 Å². The molecule has 4 saturated carbocycles. The summed E-state index contributed by atoms with van der Waals surface area (Å²) in [5.41, 5.74) is 0.0891. The molecule has 0 unspecified atom stereocenters. The highest BCUT2D eigenvalue weighted by Gasteiger charge is 2.67. The van der Waals surface area contributed by atoms with Crippen molar-refractivity contribution in [2.75, 3.05) is 19.7 Å². The van der Waals surface area contributed by atoms with Gasteiger partial charge in [0.05, 0.1) is 18.0 Å². The number of rotatable bonds is 5. The van der Waals surface area contributed by atoms with Gasteiger partial charge in [0.25, 0.3) is 0 Å². The van der Waals surface area contributed by atoms with Crippen LogP contribution in [0.15, 0.2) is 27.6 Å². The Morgan fingerprint density at radius 3 is 2.63 bits per heavy atom. The zero-order valence-corrected chi connectivity index (χ0v) is 23.2. The fourth-order valence-electron chi connectivity index (χ4n) is 9.87. The lowest BCUT2D eigenvalue weighted by Gasteiger charge is -2.63. The van der Waals surface area contributed by atoms with Crippen LogP contribution in [0.25, 0.3) is 0 Å². The van der Waals surface area contributed by atoms with Crippen molar-refractivity contribution in [3.8, 4) is 0 Å². The molecule has 1 aromatic heterocycles. The number of hydrogen-bond acceptors (Lipinski definition) is 6. The Labute approximate surface area is 226 Å². The van der Waals surface area contributed by atoms with Gasteiger partial charge >= 0.3 is 5.63 Å². The number of amides is 1. The molecule has 7 heteroatoms. The molecule has 0 spiro atoms. The fraction of sp³-hybridized carbons (Fsp3) is 0.806. The van der Waals surface area contributed by atoms with Crippen molar-refractivity contribution < 1.29 is 19.1 Å². The number of carbonyl (C=O) groups excluding carboxylic acids is 1. The van der Waals surface area contributed by atoms with Crippen LogP contribution >= 0.6 is 0 Å². The standard InChI is InChI=1S/C31H46N2O5/c1-29-12-7-23(37-19-27(34)33-22-10-15-32-16-11-22)17-21(29)4-5-26-25(29)8-13-30(2)24(9-14-31(26,30)36)20-3-6-28(35)38-18-20/h3,6,18,21-26,32,36H,4-5,7-17,19H2,1-2H3,(H,33,34)/t21-,23+,24-,25+,26-,29+,30-,31+/m1/s1. The van der Waals surface area contributed by atoms with Gasteiger partial charge in [-0.15, -0.1) is 0 Å². The van der Waals surface area contributed by atoms with Gasteiger partial charge in [0.1, 0.15) is 6.61 Å². The molecule has 3 N–H and O–H groups in total. The monoisotopic (exact) mass is 526 g/mol. The lowest BCUT2D eigenvalue weighted by atomic mass is 9.43. The lowest BCUT2D eigenvalue weighted by Crippen LogP contribution is -2.62. The number of carbonyl (C=O) groups is 1. The third kappa shape index (κ3) is 4.37. The van der Waals surface area contributed by atoms with Gasteiger partial charge in [-0.2, -0.15) is 0 Å². The molecule has 6 rings (SSSR count). The van der Waals surface area contributed by atoms with Crippen LogP contribution < -0.4 is 16.3 Å². The summed E-state index contributed by atoms with van der Waals surface area (Å²) in [6, 6.07) is 3.70. The minimum atomic E-state index is -0.676. The molecule has 0 bridgehead atoms. The van der Waals surface area contributed by atoms with E-state index in [4.69, 9.17) is 9.15 Å². The number of nitrogens with one attached hydrogen (secondary N) is 2. The molecule has 1 saturated heterocycles. The zero-order chi connectivity index (χ0) is 26.5. The first-order chi connectivity index (χ1) is 18.2. The Balaban J connectivity index is 1.10. The first-order valence-electron chi connectivity index (χ1n) is 15.2. The normalized spacial score (nSPS) is 43.1. The van der Waals surface area contributed by atoms with Crippen LogP contribution in [0, 0.1) is 28.6 Å². The molecule has 5 fully saturated rings. The third-order valence-electron chi connectivity index (χ3n) is 12.1. The maximum atomic E-state index is 12.5. The lowest BCUT2D eigenvalue weighted by molar-refractivity contribution is -0.207. The van der Waals surface area contributed by atoms with Gasteiger partial charge in [-0.05, 0) is 124 Å². The molecular weight excluding hydrogens is 480 g/mol. The SMILES string of the molecule is C[C@]12CC[C@H](OCC(=O)NC3CCNCC3)C[C@H]1CC[C@@H]1[C@@H]2CC[C@]2(C)[C@@H](c3ccc(=O)oc3)CC[C@]12O. The van der Waals surface area contributed by atoms with Crippen molar-refractivity contribution in [2.24, 2.45) is 28.6 Å². The van der Waals surface area contributed by atoms with Crippen LogP contribution in [0.5, 0.6) is 0 Å². The average molecular weight is 527 g/mol. The molecule has 1 aromatic rings. The van der Waals surface area contributed by atoms with E-state index in [9.17, 15) is 14.7 Å². The summed E-state index contributed by atoms with van der Waals surface area (Å²) in [6.45, 7) is 6.88. The molecule has 4 aliphatic carbocycles. The Hall–Kier alpha value is -1.70. The number of ether oxygens (including phenoxy) is 1. The molecule has 7 nitrogen and oxygen atoms in total. The van der Waals surface area contributed by atoms with E-state index in [0.29, 0.717) is 17.8 Å². The van der Waals surface area contributed by atoms with Crippen molar-refractivity contribution in [3.63, 3.8) is 0 Å². The molecular formula is C31H46N2O5. The number of hydrogen-bond donors (Lipinski definition) is 3. The van der Waals surface area contributed by atoms with Gasteiger partial charge in [0, 0.05) is 17.5 Å². The van der Waals surface area contributed by atoms with Gasteiger partial charge in [0.2, 0.25) is 5.91 Å². The van der Waals surface area contributed by atoms with E-state index in [1.165, 1.54) is 6.07 Å². The molecule has 1 amide bonds. The van der Waals surface area contributed by atoms with E-state index in [1.54, 1.807) is 6.26 Å². The van der Waals surface area contributed by atoms with Gasteiger partial charge < -0.3 is 24.9 Å². The fourth-order valence-corrected chi connectivity index (χ4v) is 9.87. The van der Waals surface area contributed by atoms with Gasteiger partial charge in [-0.25, -0.2) is 4.79 Å². The molecule has 0 aromatic carbocycles. The van der Waals surface area contributed by atoms with Crippen molar-refractivity contribution >= 4 is 5.91 Å². The highest BCUT2D eigenvalue weighted by Crippen LogP contribution is 2.70. The molecule has 2 heterocycles. The summed E-state index contributed by atoms with van der Waals surface area (Å²) < 4.78 is 11.4. The summed E-state index contributed by atoms with van der Waals surface area (Å²) in [6.07, 6.45) is 13.0. The second kappa shape index (κ2) is 10.0. The summed E-state index contributed by atoms with van der Waals surface area (Å²) in [5, 5.41) is 18.9. The van der Waals surface area contributed by atoms with E-state index in [0.717, 1.165) is 89.3 Å². The van der Waals surface area contributed by atoms with Crippen LogP contribution in [0.3, 0.4) is 0 Å². The first kappa shape index (κ1) is 26.5. The highest BCUT2D eigenvalue weighted by atomic mass is 16.5. The van der Waals surface area contributed by atoms with Crippen molar-refractivity contribution in [1.29, 1.82) is 0 Å². The molecule has 1 aliphatic heterocycles. The van der Waals surface area contributed by atoms with Crippen molar-refractivity contribution in [2.45, 2.75) is 108 Å². The van der Waals surface area contributed by atoms with Crippen molar-refractivity contribution in [3.05, 3.63) is 34.4 Å². The predicted octanol–water partition coefficient (Wildman–Crippen LogP) is 4.13. The quantitative estimate of drug-likeness (QED) is 0.533. The predicted molar refractivity (Wildman–Crippen MR) is 145 cm³/mol. The maximum Gasteiger partial charge on any atom is 0.335 e. The van der Waals surface area contributed by atoms with E-state index >= 15 is 0 Å². The molecule has 8 atom stereocenters. The number of aliphatic hydroxyl groups is 1. The van der Waals surface area contributed by atoms with Gasteiger partial charge in [0.15, 0.2) is 0 Å². The summed E-state index contributed by atoms with van der Waals surface area (Å²) >= 11 is 0. The number of piperidine rings is 1. The second-order valence-corrected chi connectivity index (χ2v) is 13.7. The highest BCUT2D eigenvalue weighted by molar-refractivity contribution is 5.77. The average Bonchev–Trinajstić information content (AvgIpc) is 3.19. The Kier molecular flexibility index (Phi) is 7.01. The summed E-state index contributed by atoms with van der Waals surface area (Å²) in [7, 11) is 0. The van der Waals surface area contributed by atoms with Gasteiger partial charge in [-0.1, -0.05) is 13.8 Å². The van der Waals surface area contributed by atoms with E-state index in [2.05, 4.69) is 24.5 Å². The van der Waals surface area contributed by atoms with E-state index < -0.39 is 5.60 Å². The van der Waals surface area contributed by atoms with Crippen LogP contribution in [-0.4, -0.2) is 48.5 Å². The summed E-state index contributed by atoms with van der Waals surface area (Å²) in [4.78, 5) is 24.0. The molecule has 210 valence electrons. The largest absolute Gasteiger partial charge is 0.431 e. The summed E-state index contributed by atoms with van der Waals surface area (Å²) in [5.74, 6) is 1.68. The Bertz CT molecular complexity index is 1060.